The molecular formula is C18H21ClN2O4S. The molecule has 0 aliphatic heterocycles. The number of sulfonamides is 1. The molecule has 0 aromatic heterocycles. The van der Waals surface area contributed by atoms with Crippen molar-refractivity contribution in [3.63, 3.8) is 0 Å². The predicted octanol–water partition coefficient (Wildman–Crippen LogP) is 4.72. The van der Waals surface area contributed by atoms with Crippen LogP contribution in [0.25, 0.3) is 0 Å². The van der Waals surface area contributed by atoms with E-state index in [9.17, 15) is 18.5 Å². The number of aryl methyl sites for hydroxylation is 2. The number of halogens is 1. The van der Waals surface area contributed by atoms with E-state index in [1.54, 1.807) is 6.07 Å². The van der Waals surface area contributed by atoms with E-state index in [2.05, 4.69) is 0 Å². The summed E-state index contributed by atoms with van der Waals surface area (Å²) in [5.41, 5.74) is 1.97. The monoisotopic (exact) mass is 396 g/mol. The van der Waals surface area contributed by atoms with Gasteiger partial charge in [0.25, 0.3) is 15.7 Å². The molecule has 8 heteroatoms. The van der Waals surface area contributed by atoms with Gasteiger partial charge in [0.15, 0.2) is 0 Å². The Hall–Kier alpha value is -2.12. The molecule has 0 aliphatic carbocycles. The summed E-state index contributed by atoms with van der Waals surface area (Å²) >= 11 is 5.81. The first-order valence-corrected chi connectivity index (χ1v) is 9.89. The van der Waals surface area contributed by atoms with Gasteiger partial charge in [0, 0.05) is 12.6 Å². The molecule has 0 saturated heterocycles. The van der Waals surface area contributed by atoms with Gasteiger partial charge in [-0.05, 0) is 43.5 Å². The van der Waals surface area contributed by atoms with Crippen LogP contribution in [-0.4, -0.2) is 19.9 Å². The number of hydrogen-bond acceptors (Lipinski definition) is 4. The Balaban J connectivity index is 2.63. The Labute approximate surface area is 158 Å². The third-order valence-electron chi connectivity index (χ3n) is 3.85. The van der Waals surface area contributed by atoms with Crippen molar-refractivity contribution >= 4 is 33.0 Å². The maximum Gasteiger partial charge on any atom is 0.289 e. The van der Waals surface area contributed by atoms with Crippen LogP contribution >= 0.6 is 11.6 Å². The van der Waals surface area contributed by atoms with Gasteiger partial charge < -0.3 is 0 Å². The van der Waals surface area contributed by atoms with Crippen LogP contribution in [0.5, 0.6) is 0 Å². The molecule has 26 heavy (non-hydrogen) atoms. The SMILES string of the molecule is Cc1ccc(N(CC(C)C)S(=O)(=O)c2ccc(Cl)c([N+](=O)[O-])c2)c(C)c1. The average Bonchev–Trinajstić information content (AvgIpc) is 2.52. The average molecular weight is 397 g/mol. The van der Waals surface area contributed by atoms with Crippen LogP contribution in [0.4, 0.5) is 11.4 Å². The van der Waals surface area contributed by atoms with Crippen LogP contribution in [0.3, 0.4) is 0 Å². The Bertz CT molecular complexity index is 942. The van der Waals surface area contributed by atoms with E-state index in [0.29, 0.717) is 5.69 Å². The summed E-state index contributed by atoms with van der Waals surface area (Å²) < 4.78 is 27.8. The van der Waals surface area contributed by atoms with Crippen molar-refractivity contribution in [3.8, 4) is 0 Å². The second-order valence-electron chi connectivity index (χ2n) is 6.59. The van der Waals surface area contributed by atoms with Gasteiger partial charge in [-0.3, -0.25) is 14.4 Å². The predicted molar refractivity (Wildman–Crippen MR) is 103 cm³/mol. The van der Waals surface area contributed by atoms with E-state index in [1.165, 1.54) is 16.4 Å². The summed E-state index contributed by atoms with van der Waals surface area (Å²) in [6.45, 7) is 7.85. The van der Waals surface area contributed by atoms with Crippen molar-refractivity contribution in [2.24, 2.45) is 5.92 Å². The normalized spacial score (nSPS) is 11.6. The molecule has 0 amide bonds. The van der Waals surface area contributed by atoms with E-state index >= 15 is 0 Å². The van der Waals surface area contributed by atoms with Gasteiger partial charge in [0.1, 0.15) is 5.02 Å². The van der Waals surface area contributed by atoms with Gasteiger partial charge in [-0.1, -0.05) is 43.1 Å². The lowest BCUT2D eigenvalue weighted by Gasteiger charge is -2.28. The number of nitro groups is 1. The topological polar surface area (TPSA) is 80.5 Å². The van der Waals surface area contributed by atoms with Crippen LogP contribution in [0, 0.1) is 29.9 Å². The van der Waals surface area contributed by atoms with Crippen LogP contribution < -0.4 is 4.31 Å². The Morgan fingerprint density at radius 3 is 2.35 bits per heavy atom. The van der Waals surface area contributed by atoms with E-state index in [4.69, 9.17) is 11.6 Å². The molecule has 2 aromatic carbocycles. The molecule has 0 saturated carbocycles. The highest BCUT2D eigenvalue weighted by Crippen LogP contribution is 2.32. The molecule has 0 bridgehead atoms. The second kappa shape index (κ2) is 7.63. The molecule has 0 unspecified atom stereocenters. The van der Waals surface area contributed by atoms with Crippen LogP contribution in [0.1, 0.15) is 25.0 Å². The zero-order valence-electron chi connectivity index (χ0n) is 15.1. The van der Waals surface area contributed by atoms with E-state index in [0.717, 1.165) is 17.2 Å². The third kappa shape index (κ3) is 4.16. The highest BCUT2D eigenvalue weighted by Gasteiger charge is 2.29. The molecule has 0 radical (unpaired) electrons. The van der Waals surface area contributed by atoms with E-state index in [-0.39, 0.29) is 22.4 Å². The summed E-state index contributed by atoms with van der Waals surface area (Å²) in [6, 6.07) is 9.05. The van der Waals surface area contributed by atoms with Gasteiger partial charge in [0.2, 0.25) is 0 Å². The lowest BCUT2D eigenvalue weighted by Crippen LogP contribution is -2.34. The van der Waals surface area contributed by atoms with E-state index in [1.807, 2.05) is 39.8 Å². The maximum atomic E-state index is 13.3. The minimum atomic E-state index is -3.99. The molecule has 140 valence electrons. The first-order valence-electron chi connectivity index (χ1n) is 8.08. The summed E-state index contributed by atoms with van der Waals surface area (Å²) in [5, 5.41) is 11.0. The zero-order chi connectivity index (χ0) is 19.6. The Morgan fingerprint density at radius 1 is 1.15 bits per heavy atom. The fourth-order valence-electron chi connectivity index (χ4n) is 2.66. The van der Waals surface area contributed by atoms with Gasteiger partial charge in [-0.15, -0.1) is 0 Å². The number of anilines is 1. The minimum Gasteiger partial charge on any atom is -0.266 e. The van der Waals surface area contributed by atoms with Gasteiger partial charge in [0.05, 0.1) is 15.5 Å². The molecule has 2 rings (SSSR count). The van der Waals surface area contributed by atoms with Gasteiger partial charge in [-0.25, -0.2) is 8.42 Å². The highest BCUT2D eigenvalue weighted by atomic mass is 35.5. The number of hydrogen-bond donors (Lipinski definition) is 0. The first-order chi connectivity index (χ1) is 12.0. The quantitative estimate of drug-likeness (QED) is 0.522. The van der Waals surface area contributed by atoms with Crippen LogP contribution in [0.15, 0.2) is 41.3 Å². The van der Waals surface area contributed by atoms with Crippen molar-refractivity contribution in [2.45, 2.75) is 32.6 Å². The van der Waals surface area contributed by atoms with Crippen molar-refractivity contribution in [1.82, 2.24) is 0 Å². The Morgan fingerprint density at radius 2 is 1.81 bits per heavy atom. The van der Waals surface area contributed by atoms with Crippen molar-refractivity contribution in [1.29, 1.82) is 0 Å². The standard InChI is InChI=1S/C18H21ClN2O4S/c1-12(2)11-20(17-8-5-13(3)9-14(17)4)26(24,25)15-6-7-16(19)18(10-15)21(22)23/h5-10,12H,11H2,1-4H3. The molecular weight excluding hydrogens is 376 g/mol. The Kier molecular flexibility index (Phi) is 5.93. The molecule has 0 atom stereocenters. The fourth-order valence-corrected chi connectivity index (χ4v) is 4.56. The van der Waals surface area contributed by atoms with E-state index < -0.39 is 20.6 Å². The highest BCUT2D eigenvalue weighted by molar-refractivity contribution is 7.92. The molecule has 2 aromatic rings. The minimum absolute atomic E-state index is 0.0627. The zero-order valence-corrected chi connectivity index (χ0v) is 16.6. The fraction of sp³-hybridized carbons (Fsp3) is 0.333. The third-order valence-corrected chi connectivity index (χ3v) is 5.95. The summed E-state index contributed by atoms with van der Waals surface area (Å²) in [7, 11) is -3.99. The molecule has 0 fully saturated rings. The lowest BCUT2D eigenvalue weighted by atomic mass is 10.1. The van der Waals surface area contributed by atoms with Gasteiger partial charge >= 0.3 is 0 Å². The maximum absolute atomic E-state index is 13.3. The summed E-state index contributed by atoms with van der Waals surface area (Å²) in [5.74, 6) is 0.0627. The number of rotatable bonds is 6. The summed E-state index contributed by atoms with van der Waals surface area (Å²) in [6.07, 6.45) is 0. The molecule has 0 N–H and O–H groups in total. The summed E-state index contributed by atoms with van der Waals surface area (Å²) in [4.78, 5) is 10.3. The van der Waals surface area contributed by atoms with Crippen molar-refractivity contribution in [2.75, 3.05) is 10.8 Å². The lowest BCUT2D eigenvalue weighted by molar-refractivity contribution is -0.384. The number of nitro benzene ring substituents is 1. The molecule has 0 heterocycles. The van der Waals surface area contributed by atoms with Crippen molar-refractivity contribution in [3.05, 3.63) is 62.7 Å². The van der Waals surface area contributed by atoms with Gasteiger partial charge in [-0.2, -0.15) is 0 Å². The largest absolute Gasteiger partial charge is 0.289 e. The molecule has 0 spiro atoms. The number of benzene rings is 2. The smallest absolute Gasteiger partial charge is 0.266 e. The van der Waals surface area contributed by atoms with Crippen molar-refractivity contribution < 1.29 is 13.3 Å². The molecule has 0 aliphatic rings. The second-order valence-corrected chi connectivity index (χ2v) is 8.86. The first kappa shape index (κ1) is 20.2. The van der Waals surface area contributed by atoms with Crippen LogP contribution in [-0.2, 0) is 10.0 Å². The molecule has 6 nitrogen and oxygen atoms in total. The van der Waals surface area contributed by atoms with Crippen LogP contribution in [0.2, 0.25) is 5.02 Å². The number of nitrogens with zero attached hydrogens (tertiary/aromatic N) is 2.